The second-order valence-corrected chi connectivity index (χ2v) is 5.81. The standard InChI is InChI=1S/C13H13Cl2NO4/c1-3-13(2)10(17)6-11(13)20-12-8(14)4-7(16(18)19)5-9(12)15/h4-5,11H,3,6H2,1-2H3. The van der Waals surface area contributed by atoms with Crippen molar-refractivity contribution in [2.75, 3.05) is 0 Å². The number of hydrogen-bond acceptors (Lipinski definition) is 4. The van der Waals surface area contributed by atoms with Crippen molar-refractivity contribution < 1.29 is 14.5 Å². The van der Waals surface area contributed by atoms with E-state index in [1.165, 1.54) is 12.1 Å². The van der Waals surface area contributed by atoms with Crippen molar-refractivity contribution in [3.05, 3.63) is 32.3 Å². The highest BCUT2D eigenvalue weighted by Crippen LogP contribution is 2.46. The first-order valence-electron chi connectivity index (χ1n) is 6.13. The van der Waals surface area contributed by atoms with Gasteiger partial charge in [-0.1, -0.05) is 30.1 Å². The maximum absolute atomic E-state index is 11.7. The van der Waals surface area contributed by atoms with Gasteiger partial charge in [-0.25, -0.2) is 0 Å². The van der Waals surface area contributed by atoms with Crippen molar-refractivity contribution in [3.63, 3.8) is 0 Å². The van der Waals surface area contributed by atoms with Gasteiger partial charge in [0, 0.05) is 18.6 Å². The monoisotopic (exact) mass is 317 g/mol. The van der Waals surface area contributed by atoms with Crippen LogP contribution < -0.4 is 4.74 Å². The minimum atomic E-state index is -0.579. The van der Waals surface area contributed by atoms with Crippen molar-refractivity contribution in [1.82, 2.24) is 0 Å². The summed E-state index contributed by atoms with van der Waals surface area (Å²) in [5.74, 6) is 0.329. The number of carbonyl (C=O) groups is 1. The van der Waals surface area contributed by atoms with Crippen LogP contribution in [0.4, 0.5) is 5.69 Å². The fourth-order valence-electron chi connectivity index (χ4n) is 2.18. The summed E-state index contributed by atoms with van der Waals surface area (Å²) >= 11 is 12.0. The van der Waals surface area contributed by atoms with Gasteiger partial charge < -0.3 is 4.74 Å². The number of hydrogen-bond donors (Lipinski definition) is 0. The highest BCUT2D eigenvalue weighted by atomic mass is 35.5. The molecule has 0 N–H and O–H groups in total. The Labute approximate surface area is 126 Å². The number of nitro groups is 1. The van der Waals surface area contributed by atoms with Crippen molar-refractivity contribution in [2.24, 2.45) is 5.41 Å². The summed E-state index contributed by atoms with van der Waals surface area (Å²) < 4.78 is 5.72. The number of non-ortho nitro benzene ring substituents is 1. The zero-order valence-corrected chi connectivity index (χ0v) is 12.5. The molecule has 2 rings (SSSR count). The van der Waals surface area contributed by atoms with Crippen LogP contribution in [0.2, 0.25) is 10.0 Å². The van der Waals surface area contributed by atoms with Gasteiger partial charge in [-0.15, -0.1) is 0 Å². The second kappa shape index (κ2) is 5.22. The predicted molar refractivity (Wildman–Crippen MR) is 75.6 cm³/mol. The summed E-state index contributed by atoms with van der Waals surface area (Å²) in [5.41, 5.74) is -0.746. The molecule has 1 aromatic carbocycles. The maximum atomic E-state index is 11.7. The normalized spacial score (nSPS) is 25.2. The zero-order valence-electron chi connectivity index (χ0n) is 11.0. The van der Waals surface area contributed by atoms with Gasteiger partial charge in [-0.2, -0.15) is 0 Å². The van der Waals surface area contributed by atoms with Gasteiger partial charge in [0.25, 0.3) is 5.69 Å². The lowest BCUT2D eigenvalue weighted by molar-refractivity contribution is -0.384. The summed E-state index contributed by atoms with van der Waals surface area (Å²) in [5, 5.41) is 10.8. The van der Waals surface area contributed by atoms with Crippen LogP contribution in [-0.4, -0.2) is 16.8 Å². The van der Waals surface area contributed by atoms with Crippen LogP contribution in [-0.2, 0) is 4.79 Å². The van der Waals surface area contributed by atoms with Crippen LogP contribution in [0.15, 0.2) is 12.1 Å². The van der Waals surface area contributed by atoms with Crippen molar-refractivity contribution in [2.45, 2.75) is 32.8 Å². The molecule has 1 aromatic rings. The molecule has 0 bridgehead atoms. The molecule has 0 radical (unpaired) electrons. The molecule has 7 heteroatoms. The molecule has 1 aliphatic rings. The Morgan fingerprint density at radius 1 is 1.45 bits per heavy atom. The molecular formula is C13H13Cl2NO4. The number of halogens is 2. The van der Waals surface area contributed by atoms with Crippen LogP contribution in [0.25, 0.3) is 0 Å². The Hall–Kier alpha value is -1.33. The molecule has 20 heavy (non-hydrogen) atoms. The Morgan fingerprint density at radius 3 is 2.40 bits per heavy atom. The van der Waals surface area contributed by atoms with Gasteiger partial charge in [0.15, 0.2) is 5.75 Å². The Morgan fingerprint density at radius 2 is 2.00 bits per heavy atom. The first-order valence-corrected chi connectivity index (χ1v) is 6.88. The van der Waals surface area contributed by atoms with Crippen molar-refractivity contribution >= 4 is 34.7 Å². The number of ether oxygens (including phenoxy) is 1. The summed E-state index contributed by atoms with van der Waals surface area (Å²) in [7, 11) is 0. The van der Waals surface area contributed by atoms with Gasteiger partial charge in [-0.05, 0) is 13.3 Å². The average molecular weight is 318 g/mol. The lowest BCUT2D eigenvalue weighted by atomic mass is 9.64. The minimum Gasteiger partial charge on any atom is -0.486 e. The summed E-state index contributed by atoms with van der Waals surface area (Å²) in [6.07, 6.45) is 0.642. The molecule has 2 unspecified atom stereocenters. The van der Waals surface area contributed by atoms with E-state index in [1.807, 2.05) is 13.8 Å². The molecule has 1 fully saturated rings. The van der Waals surface area contributed by atoms with Crippen molar-refractivity contribution in [1.29, 1.82) is 0 Å². The van der Waals surface area contributed by atoms with Crippen LogP contribution in [0.1, 0.15) is 26.7 Å². The first-order chi connectivity index (χ1) is 9.29. The first kappa shape index (κ1) is 15.1. The number of benzene rings is 1. The molecule has 5 nitrogen and oxygen atoms in total. The quantitative estimate of drug-likeness (QED) is 0.620. The molecule has 1 aliphatic carbocycles. The molecular weight excluding hydrogens is 305 g/mol. The number of carbonyl (C=O) groups excluding carboxylic acids is 1. The number of rotatable bonds is 4. The molecule has 2 atom stereocenters. The van der Waals surface area contributed by atoms with E-state index in [2.05, 4.69) is 0 Å². The molecule has 0 saturated heterocycles. The minimum absolute atomic E-state index is 0.0713. The molecule has 108 valence electrons. The molecule has 0 amide bonds. The van der Waals surface area contributed by atoms with Gasteiger partial charge in [0.1, 0.15) is 11.9 Å². The Kier molecular flexibility index (Phi) is 3.93. The third-order valence-electron chi connectivity index (χ3n) is 3.91. The largest absolute Gasteiger partial charge is 0.486 e. The molecule has 0 aromatic heterocycles. The van der Waals surface area contributed by atoms with Gasteiger partial charge in [0.05, 0.1) is 20.4 Å². The molecule has 0 spiro atoms. The smallest absolute Gasteiger partial charge is 0.272 e. The van der Waals surface area contributed by atoms with E-state index in [1.54, 1.807) is 0 Å². The zero-order chi connectivity index (χ0) is 15.1. The lowest BCUT2D eigenvalue weighted by Crippen LogP contribution is -2.54. The van der Waals surface area contributed by atoms with Gasteiger partial charge >= 0.3 is 0 Å². The van der Waals surface area contributed by atoms with E-state index in [-0.39, 0.29) is 33.4 Å². The molecule has 0 aliphatic heterocycles. The van der Waals surface area contributed by atoms with E-state index in [0.29, 0.717) is 12.8 Å². The third kappa shape index (κ3) is 2.36. The highest BCUT2D eigenvalue weighted by Gasteiger charge is 2.51. The molecule has 0 heterocycles. The van der Waals surface area contributed by atoms with Crippen LogP contribution in [0.5, 0.6) is 5.75 Å². The Bertz CT molecular complexity index is 567. The number of Topliss-reactive ketones (excluding diaryl/α,β-unsaturated/α-hetero) is 1. The highest BCUT2D eigenvalue weighted by molar-refractivity contribution is 6.37. The summed E-state index contributed by atoms with van der Waals surface area (Å²) in [6, 6.07) is 2.37. The van der Waals surface area contributed by atoms with Crippen LogP contribution in [0.3, 0.4) is 0 Å². The van der Waals surface area contributed by atoms with Crippen LogP contribution in [0, 0.1) is 15.5 Å². The fraction of sp³-hybridized carbons (Fsp3) is 0.462. The van der Waals surface area contributed by atoms with Crippen LogP contribution >= 0.6 is 23.2 Å². The second-order valence-electron chi connectivity index (χ2n) is 5.00. The van der Waals surface area contributed by atoms with Gasteiger partial charge in [0.2, 0.25) is 0 Å². The van der Waals surface area contributed by atoms with Gasteiger partial charge in [-0.3, -0.25) is 14.9 Å². The van der Waals surface area contributed by atoms with E-state index >= 15 is 0 Å². The topological polar surface area (TPSA) is 69.4 Å². The number of nitrogens with zero attached hydrogens (tertiary/aromatic N) is 1. The SMILES string of the molecule is CCC1(C)C(=O)CC1Oc1c(Cl)cc([N+](=O)[O-])cc1Cl. The maximum Gasteiger partial charge on any atom is 0.272 e. The third-order valence-corrected chi connectivity index (χ3v) is 4.47. The average Bonchev–Trinajstić information content (AvgIpc) is 2.39. The fourth-order valence-corrected chi connectivity index (χ4v) is 2.74. The summed E-state index contributed by atoms with van der Waals surface area (Å²) in [4.78, 5) is 21.8. The van der Waals surface area contributed by atoms with Crippen molar-refractivity contribution in [3.8, 4) is 5.75 Å². The van der Waals surface area contributed by atoms with E-state index < -0.39 is 10.3 Å². The van der Waals surface area contributed by atoms with E-state index in [0.717, 1.165) is 0 Å². The van der Waals surface area contributed by atoms with E-state index in [9.17, 15) is 14.9 Å². The number of nitro benzene ring substituents is 1. The lowest BCUT2D eigenvalue weighted by Gasteiger charge is -2.44. The predicted octanol–water partition coefficient (Wildman–Crippen LogP) is 4.04. The number of ketones is 1. The molecule has 1 saturated carbocycles. The Balaban J connectivity index is 2.27. The summed E-state index contributed by atoms with van der Waals surface area (Å²) in [6.45, 7) is 3.74. The van der Waals surface area contributed by atoms with E-state index in [4.69, 9.17) is 27.9 Å².